The van der Waals surface area contributed by atoms with Crippen LogP contribution >= 0.6 is 0 Å². The molecule has 31 heavy (non-hydrogen) atoms. The van der Waals surface area contributed by atoms with Crippen LogP contribution < -0.4 is 10.6 Å². The summed E-state index contributed by atoms with van der Waals surface area (Å²) in [6, 6.07) is 3.61. The summed E-state index contributed by atoms with van der Waals surface area (Å²) in [5.41, 5.74) is 1.82. The second-order valence-corrected chi connectivity index (χ2v) is 9.11. The third-order valence-corrected chi connectivity index (χ3v) is 5.15. The van der Waals surface area contributed by atoms with Crippen LogP contribution in [0.15, 0.2) is 12.1 Å². The van der Waals surface area contributed by atoms with E-state index < -0.39 is 23.7 Å². The Morgan fingerprint density at radius 2 is 2.03 bits per heavy atom. The van der Waals surface area contributed by atoms with Crippen molar-refractivity contribution < 1.29 is 19.1 Å². The summed E-state index contributed by atoms with van der Waals surface area (Å²) in [6.45, 7) is 7.92. The zero-order chi connectivity index (χ0) is 22.9. The number of pyridine rings is 1. The van der Waals surface area contributed by atoms with E-state index in [1.807, 2.05) is 7.05 Å². The standard InChI is InChI=1S/C23H38N4O4/c1-23(2,3)31-22(29)26-19(21(28)30-5)13-16-27(4)15-7-6-10-18-12-11-17-9-8-14-24-20(17)25-18/h11-12,19H,6-10,13-16H2,1-5H3,(H,24,25)(H,26,29)/t19-/m0/s1. The molecule has 1 atom stereocenters. The first-order valence-corrected chi connectivity index (χ1v) is 11.2. The molecule has 0 saturated carbocycles. The number of aromatic nitrogens is 1. The second kappa shape index (κ2) is 11.9. The molecule has 1 aromatic heterocycles. The maximum Gasteiger partial charge on any atom is 0.408 e. The Morgan fingerprint density at radius 1 is 1.26 bits per heavy atom. The van der Waals surface area contributed by atoms with E-state index in [9.17, 15) is 9.59 Å². The van der Waals surface area contributed by atoms with E-state index in [1.165, 1.54) is 19.1 Å². The van der Waals surface area contributed by atoms with E-state index in [0.29, 0.717) is 13.0 Å². The summed E-state index contributed by atoms with van der Waals surface area (Å²) in [5.74, 6) is 0.582. The van der Waals surface area contributed by atoms with E-state index in [0.717, 1.165) is 50.3 Å². The van der Waals surface area contributed by atoms with Gasteiger partial charge in [0, 0.05) is 18.8 Å². The van der Waals surface area contributed by atoms with Gasteiger partial charge >= 0.3 is 12.1 Å². The number of esters is 1. The fourth-order valence-corrected chi connectivity index (χ4v) is 3.50. The van der Waals surface area contributed by atoms with Gasteiger partial charge in [0.2, 0.25) is 0 Å². The first kappa shape index (κ1) is 24.9. The van der Waals surface area contributed by atoms with Crippen molar-refractivity contribution in [2.75, 3.05) is 39.1 Å². The number of anilines is 1. The Hall–Kier alpha value is -2.35. The largest absolute Gasteiger partial charge is 0.467 e. The normalized spacial score (nSPS) is 14.4. The van der Waals surface area contributed by atoms with Crippen LogP contribution in [0.4, 0.5) is 10.6 Å². The van der Waals surface area contributed by atoms with Gasteiger partial charge in [0.25, 0.3) is 0 Å². The molecule has 174 valence electrons. The van der Waals surface area contributed by atoms with Gasteiger partial charge < -0.3 is 25.0 Å². The molecule has 8 nitrogen and oxygen atoms in total. The van der Waals surface area contributed by atoms with Gasteiger partial charge in [-0.2, -0.15) is 0 Å². The fourth-order valence-electron chi connectivity index (χ4n) is 3.50. The Labute approximate surface area is 186 Å². The average molecular weight is 435 g/mol. The Kier molecular flexibility index (Phi) is 9.55. The van der Waals surface area contributed by atoms with Crippen LogP contribution in [0, 0.1) is 0 Å². The first-order valence-electron chi connectivity index (χ1n) is 11.2. The first-order chi connectivity index (χ1) is 14.7. The highest BCUT2D eigenvalue weighted by molar-refractivity contribution is 5.81. The molecule has 0 fully saturated rings. The lowest BCUT2D eigenvalue weighted by Crippen LogP contribution is -2.45. The molecular weight excluding hydrogens is 396 g/mol. The van der Waals surface area contributed by atoms with Crippen molar-refractivity contribution in [3.05, 3.63) is 23.4 Å². The molecule has 0 spiro atoms. The zero-order valence-corrected chi connectivity index (χ0v) is 19.6. The van der Waals surface area contributed by atoms with Crippen LogP contribution in [0.1, 0.15) is 57.7 Å². The Balaban J connectivity index is 1.70. The van der Waals surface area contributed by atoms with E-state index >= 15 is 0 Å². The molecule has 1 aliphatic rings. The number of carbonyl (C=O) groups excluding carboxylic acids is 2. The van der Waals surface area contributed by atoms with Gasteiger partial charge in [0.15, 0.2) is 0 Å². The summed E-state index contributed by atoms with van der Waals surface area (Å²) >= 11 is 0. The van der Waals surface area contributed by atoms with Crippen molar-refractivity contribution in [2.24, 2.45) is 0 Å². The second-order valence-electron chi connectivity index (χ2n) is 9.11. The summed E-state index contributed by atoms with van der Waals surface area (Å²) in [7, 11) is 3.34. The van der Waals surface area contributed by atoms with Gasteiger partial charge in [-0.25, -0.2) is 14.6 Å². The van der Waals surface area contributed by atoms with Crippen LogP contribution in [-0.2, 0) is 27.1 Å². The van der Waals surface area contributed by atoms with Gasteiger partial charge in [-0.15, -0.1) is 0 Å². The smallest absolute Gasteiger partial charge is 0.408 e. The lowest BCUT2D eigenvalue weighted by Gasteiger charge is -2.24. The molecule has 1 aromatic rings. The van der Waals surface area contributed by atoms with Gasteiger partial charge in [-0.1, -0.05) is 6.07 Å². The number of nitrogens with one attached hydrogen (secondary N) is 2. The van der Waals surface area contributed by atoms with E-state index in [2.05, 4.69) is 27.7 Å². The molecule has 8 heteroatoms. The molecule has 0 aromatic carbocycles. The molecule has 2 heterocycles. The van der Waals surface area contributed by atoms with Gasteiger partial charge in [-0.3, -0.25) is 0 Å². The quantitative estimate of drug-likeness (QED) is 0.432. The van der Waals surface area contributed by atoms with E-state index in [4.69, 9.17) is 14.5 Å². The number of ether oxygens (including phenoxy) is 2. The number of fused-ring (bicyclic) bond motifs is 1. The topological polar surface area (TPSA) is 92.8 Å². The number of unbranched alkanes of at least 4 members (excludes halogenated alkanes) is 1. The van der Waals surface area contributed by atoms with Crippen molar-refractivity contribution in [3.63, 3.8) is 0 Å². The predicted molar refractivity (Wildman–Crippen MR) is 121 cm³/mol. The number of hydrogen-bond acceptors (Lipinski definition) is 7. The molecule has 0 unspecified atom stereocenters. The Morgan fingerprint density at radius 3 is 2.74 bits per heavy atom. The highest BCUT2D eigenvalue weighted by atomic mass is 16.6. The van der Waals surface area contributed by atoms with Gasteiger partial charge in [0.05, 0.1) is 7.11 Å². The predicted octanol–water partition coefficient (Wildman–Crippen LogP) is 3.15. The number of nitrogens with zero attached hydrogens (tertiary/aromatic N) is 2. The number of hydrogen-bond donors (Lipinski definition) is 2. The number of amides is 1. The van der Waals surface area contributed by atoms with Crippen molar-refractivity contribution >= 4 is 17.9 Å². The summed E-state index contributed by atoms with van der Waals surface area (Å²) < 4.78 is 10.1. The fraction of sp³-hybridized carbons (Fsp3) is 0.696. The van der Waals surface area contributed by atoms with Crippen molar-refractivity contribution in [1.29, 1.82) is 0 Å². The summed E-state index contributed by atoms with van der Waals surface area (Å²) in [4.78, 5) is 30.9. The summed E-state index contributed by atoms with van der Waals surface area (Å²) in [5, 5.41) is 6.00. The van der Waals surface area contributed by atoms with Crippen LogP contribution in [0.2, 0.25) is 0 Å². The van der Waals surface area contributed by atoms with E-state index in [1.54, 1.807) is 20.8 Å². The molecule has 2 N–H and O–H groups in total. The van der Waals surface area contributed by atoms with Crippen LogP contribution in [-0.4, -0.2) is 67.4 Å². The molecule has 1 aliphatic heterocycles. The molecule has 2 rings (SSSR count). The lowest BCUT2D eigenvalue weighted by molar-refractivity contribution is -0.143. The van der Waals surface area contributed by atoms with Crippen LogP contribution in [0.3, 0.4) is 0 Å². The van der Waals surface area contributed by atoms with Gasteiger partial charge in [-0.05, 0) is 84.5 Å². The van der Waals surface area contributed by atoms with Crippen molar-refractivity contribution in [3.8, 4) is 0 Å². The molecular formula is C23H38N4O4. The minimum absolute atomic E-state index is 0.459. The Bertz CT molecular complexity index is 733. The maximum atomic E-state index is 12.0. The maximum absolute atomic E-state index is 12.0. The minimum Gasteiger partial charge on any atom is -0.467 e. The SMILES string of the molecule is COC(=O)[C@H](CCN(C)CCCCc1ccc2c(n1)NCCC2)NC(=O)OC(C)(C)C. The number of methoxy groups -OCH3 is 1. The molecule has 0 aliphatic carbocycles. The molecule has 1 amide bonds. The molecule has 0 saturated heterocycles. The molecule has 0 radical (unpaired) electrons. The lowest BCUT2D eigenvalue weighted by atomic mass is 10.1. The highest BCUT2D eigenvalue weighted by Crippen LogP contribution is 2.20. The number of alkyl carbamates (subject to hydrolysis) is 1. The monoisotopic (exact) mass is 434 g/mol. The third kappa shape index (κ3) is 9.12. The van der Waals surface area contributed by atoms with Crippen molar-refractivity contribution in [1.82, 2.24) is 15.2 Å². The number of aryl methyl sites for hydroxylation is 2. The summed E-state index contributed by atoms with van der Waals surface area (Å²) in [6.07, 6.45) is 5.16. The minimum atomic E-state index is -0.727. The number of rotatable bonds is 10. The van der Waals surface area contributed by atoms with Gasteiger partial charge in [0.1, 0.15) is 17.5 Å². The zero-order valence-electron chi connectivity index (χ0n) is 19.6. The highest BCUT2D eigenvalue weighted by Gasteiger charge is 2.25. The number of carbonyl (C=O) groups is 2. The van der Waals surface area contributed by atoms with E-state index in [-0.39, 0.29) is 0 Å². The third-order valence-electron chi connectivity index (χ3n) is 5.15. The van der Waals surface area contributed by atoms with Crippen LogP contribution in [0.25, 0.3) is 0 Å². The average Bonchev–Trinajstić information content (AvgIpc) is 2.72. The van der Waals surface area contributed by atoms with Crippen LogP contribution in [0.5, 0.6) is 0 Å². The van der Waals surface area contributed by atoms with Crippen molar-refractivity contribution in [2.45, 2.75) is 70.9 Å². The molecule has 0 bridgehead atoms.